The molecule has 0 aliphatic heterocycles. The molecule has 0 aromatic carbocycles. The molecule has 1 aromatic heterocycles. The van der Waals surface area contributed by atoms with Gasteiger partial charge in [0.25, 0.3) is 0 Å². The lowest BCUT2D eigenvalue weighted by Crippen LogP contribution is -2.26. The average Bonchev–Trinajstić information content (AvgIpc) is 2.04. The van der Waals surface area contributed by atoms with Gasteiger partial charge in [-0.25, -0.2) is 0 Å². The fourth-order valence-corrected chi connectivity index (χ4v) is 1.50. The predicted octanol–water partition coefficient (Wildman–Crippen LogP) is 2.34. The molecule has 72 valence electrons. The van der Waals surface area contributed by atoms with Crippen LogP contribution >= 0.6 is 15.9 Å². The van der Waals surface area contributed by atoms with Gasteiger partial charge in [0.15, 0.2) is 0 Å². The Kier molecular flexibility index (Phi) is 3.88. The molecule has 1 unspecified atom stereocenters. The van der Waals surface area contributed by atoms with Crippen LogP contribution in [0.15, 0.2) is 22.9 Å². The van der Waals surface area contributed by atoms with Crippen molar-refractivity contribution in [2.45, 2.75) is 19.4 Å². The molecular formula is C10H15BrN2. The molecule has 0 radical (unpaired) electrons. The summed E-state index contributed by atoms with van der Waals surface area (Å²) in [5.74, 6) is 0. The largest absolute Gasteiger partial charge is 0.306 e. The van der Waals surface area contributed by atoms with Crippen molar-refractivity contribution in [1.82, 2.24) is 9.88 Å². The zero-order valence-corrected chi connectivity index (χ0v) is 9.87. The maximum atomic E-state index is 4.13. The zero-order chi connectivity index (χ0) is 9.84. The molecule has 1 atom stereocenters. The highest BCUT2D eigenvalue weighted by Gasteiger charge is 2.05. The van der Waals surface area contributed by atoms with Crippen LogP contribution in [0.25, 0.3) is 0 Å². The van der Waals surface area contributed by atoms with Crippen molar-refractivity contribution < 1.29 is 0 Å². The van der Waals surface area contributed by atoms with Crippen molar-refractivity contribution in [1.29, 1.82) is 0 Å². The van der Waals surface area contributed by atoms with E-state index >= 15 is 0 Å². The molecule has 1 aromatic rings. The van der Waals surface area contributed by atoms with E-state index in [2.05, 4.69) is 52.9 Å². The number of hydrogen-bond acceptors (Lipinski definition) is 2. The van der Waals surface area contributed by atoms with Crippen LogP contribution in [0.1, 0.15) is 12.5 Å². The Hall–Kier alpha value is -0.410. The molecular weight excluding hydrogens is 228 g/mol. The normalized spacial score (nSPS) is 13.3. The second kappa shape index (κ2) is 4.72. The number of rotatable bonds is 3. The van der Waals surface area contributed by atoms with Gasteiger partial charge in [0.05, 0.1) is 0 Å². The summed E-state index contributed by atoms with van der Waals surface area (Å²) < 4.78 is 1.05. The molecule has 0 saturated carbocycles. The molecule has 13 heavy (non-hydrogen) atoms. The van der Waals surface area contributed by atoms with Crippen molar-refractivity contribution in [3.8, 4) is 0 Å². The van der Waals surface area contributed by atoms with Gasteiger partial charge in [-0.05, 0) is 55.0 Å². The van der Waals surface area contributed by atoms with Gasteiger partial charge in [-0.1, -0.05) is 0 Å². The predicted molar refractivity (Wildman–Crippen MR) is 58.8 cm³/mol. The Balaban J connectivity index is 2.64. The Bertz CT molecular complexity index is 273. The van der Waals surface area contributed by atoms with E-state index in [4.69, 9.17) is 0 Å². The van der Waals surface area contributed by atoms with Gasteiger partial charge in [-0.15, -0.1) is 0 Å². The molecule has 0 spiro atoms. The molecule has 0 fully saturated rings. The summed E-state index contributed by atoms with van der Waals surface area (Å²) in [5.41, 5.74) is 1.27. The Labute approximate surface area is 88.1 Å². The van der Waals surface area contributed by atoms with Gasteiger partial charge in [-0.3, -0.25) is 4.98 Å². The lowest BCUT2D eigenvalue weighted by atomic mass is 10.1. The first-order chi connectivity index (χ1) is 6.09. The van der Waals surface area contributed by atoms with Crippen molar-refractivity contribution in [3.63, 3.8) is 0 Å². The van der Waals surface area contributed by atoms with Crippen LogP contribution in [0.3, 0.4) is 0 Å². The molecule has 1 rings (SSSR count). The number of likely N-dealkylation sites (N-methyl/N-ethyl adjacent to an activating group) is 1. The Morgan fingerprint density at radius 2 is 2.15 bits per heavy atom. The fraction of sp³-hybridized carbons (Fsp3) is 0.500. The van der Waals surface area contributed by atoms with Crippen molar-refractivity contribution in [3.05, 3.63) is 28.5 Å². The van der Waals surface area contributed by atoms with E-state index in [1.807, 2.05) is 12.4 Å². The second-order valence-electron chi connectivity index (χ2n) is 3.53. The third-order valence-corrected chi connectivity index (χ3v) is 2.61. The van der Waals surface area contributed by atoms with Crippen LogP contribution in [0, 0.1) is 0 Å². The summed E-state index contributed by atoms with van der Waals surface area (Å²) in [6, 6.07) is 2.67. The van der Waals surface area contributed by atoms with E-state index in [0.717, 1.165) is 10.9 Å². The molecule has 0 N–H and O–H groups in total. The van der Waals surface area contributed by atoms with Crippen LogP contribution in [-0.4, -0.2) is 30.0 Å². The maximum Gasteiger partial charge on any atom is 0.0410 e. The lowest BCUT2D eigenvalue weighted by Gasteiger charge is -2.19. The minimum absolute atomic E-state index is 0.552. The highest BCUT2D eigenvalue weighted by molar-refractivity contribution is 9.10. The first-order valence-corrected chi connectivity index (χ1v) is 5.14. The van der Waals surface area contributed by atoms with Crippen LogP contribution in [0.5, 0.6) is 0 Å². The van der Waals surface area contributed by atoms with Crippen molar-refractivity contribution in [2.24, 2.45) is 0 Å². The monoisotopic (exact) mass is 242 g/mol. The highest BCUT2D eigenvalue weighted by Crippen LogP contribution is 2.12. The molecule has 0 bridgehead atoms. The van der Waals surface area contributed by atoms with Crippen LogP contribution in [0.2, 0.25) is 0 Å². The number of pyridine rings is 1. The molecule has 0 saturated heterocycles. The quantitative estimate of drug-likeness (QED) is 0.810. The minimum Gasteiger partial charge on any atom is -0.306 e. The van der Waals surface area contributed by atoms with Crippen LogP contribution in [-0.2, 0) is 6.42 Å². The van der Waals surface area contributed by atoms with E-state index < -0.39 is 0 Å². The third kappa shape index (κ3) is 3.44. The summed E-state index contributed by atoms with van der Waals surface area (Å²) >= 11 is 3.41. The van der Waals surface area contributed by atoms with Gasteiger partial charge < -0.3 is 4.90 Å². The number of aromatic nitrogens is 1. The second-order valence-corrected chi connectivity index (χ2v) is 4.44. The summed E-state index contributed by atoms with van der Waals surface area (Å²) in [4.78, 5) is 6.34. The van der Waals surface area contributed by atoms with Crippen molar-refractivity contribution >= 4 is 15.9 Å². The standard InChI is InChI=1S/C10H15BrN2/c1-8(13(2)3)4-9-5-10(11)7-12-6-9/h5-8H,4H2,1-3H3. The van der Waals surface area contributed by atoms with E-state index in [-0.39, 0.29) is 0 Å². The maximum absolute atomic E-state index is 4.13. The SMILES string of the molecule is CC(Cc1cncc(Br)c1)N(C)C. The smallest absolute Gasteiger partial charge is 0.0410 e. The lowest BCUT2D eigenvalue weighted by molar-refractivity contribution is 0.312. The average molecular weight is 243 g/mol. The van der Waals surface area contributed by atoms with E-state index in [9.17, 15) is 0 Å². The summed E-state index contributed by atoms with van der Waals surface area (Å²) in [5, 5.41) is 0. The number of nitrogens with zero attached hydrogens (tertiary/aromatic N) is 2. The van der Waals surface area contributed by atoms with Gasteiger partial charge in [0.1, 0.15) is 0 Å². The topological polar surface area (TPSA) is 16.1 Å². The molecule has 2 nitrogen and oxygen atoms in total. The van der Waals surface area contributed by atoms with Gasteiger partial charge in [-0.2, -0.15) is 0 Å². The molecule has 0 amide bonds. The molecule has 0 aliphatic carbocycles. The van der Waals surface area contributed by atoms with Crippen LogP contribution < -0.4 is 0 Å². The number of hydrogen-bond donors (Lipinski definition) is 0. The molecule has 0 aliphatic rings. The van der Waals surface area contributed by atoms with Crippen LogP contribution in [0.4, 0.5) is 0 Å². The summed E-state index contributed by atoms with van der Waals surface area (Å²) in [7, 11) is 4.19. The van der Waals surface area contributed by atoms with E-state index in [0.29, 0.717) is 6.04 Å². The molecule has 1 heterocycles. The van der Waals surface area contributed by atoms with E-state index in [1.165, 1.54) is 5.56 Å². The first-order valence-electron chi connectivity index (χ1n) is 4.35. The molecule has 3 heteroatoms. The van der Waals surface area contributed by atoms with Gasteiger partial charge in [0, 0.05) is 22.9 Å². The first kappa shape index (κ1) is 10.7. The third-order valence-electron chi connectivity index (χ3n) is 2.17. The zero-order valence-electron chi connectivity index (χ0n) is 8.29. The minimum atomic E-state index is 0.552. The van der Waals surface area contributed by atoms with Gasteiger partial charge in [0.2, 0.25) is 0 Å². The Morgan fingerprint density at radius 3 is 2.69 bits per heavy atom. The summed E-state index contributed by atoms with van der Waals surface area (Å²) in [6.07, 6.45) is 4.77. The fourth-order valence-electron chi connectivity index (χ4n) is 1.09. The Morgan fingerprint density at radius 1 is 1.46 bits per heavy atom. The van der Waals surface area contributed by atoms with Gasteiger partial charge >= 0.3 is 0 Å². The summed E-state index contributed by atoms with van der Waals surface area (Å²) in [6.45, 7) is 2.21. The highest BCUT2D eigenvalue weighted by atomic mass is 79.9. The van der Waals surface area contributed by atoms with Crippen molar-refractivity contribution in [2.75, 3.05) is 14.1 Å². The van der Waals surface area contributed by atoms with E-state index in [1.54, 1.807) is 0 Å². The number of halogens is 1.